The van der Waals surface area contributed by atoms with Crippen molar-refractivity contribution in [3.8, 4) is 11.5 Å². The molecule has 0 unspecified atom stereocenters. The zero-order valence-electron chi connectivity index (χ0n) is 33.2. The minimum atomic E-state index is -4.67. The fraction of sp³-hybridized carbons (Fsp3) is 0.389. The number of phenols is 2. The summed E-state index contributed by atoms with van der Waals surface area (Å²) >= 11 is 0. The van der Waals surface area contributed by atoms with Crippen LogP contribution < -0.4 is 0 Å². The van der Waals surface area contributed by atoms with Crippen LogP contribution in [0.25, 0.3) is 0 Å². The Morgan fingerprint density at radius 3 is 1.40 bits per heavy atom. The van der Waals surface area contributed by atoms with E-state index in [1.807, 2.05) is 0 Å². The van der Waals surface area contributed by atoms with E-state index in [0.29, 0.717) is 22.3 Å². The summed E-state index contributed by atoms with van der Waals surface area (Å²) in [5.74, 6) is -4.20. The first kappa shape index (κ1) is 51.1. The molecule has 2 heterocycles. The Balaban J connectivity index is 0.000000761. The zero-order chi connectivity index (χ0) is 44.7. The average Bonchev–Trinajstić information content (AvgIpc) is 3.70. The van der Waals surface area contributed by atoms with Crippen LogP contribution in [0.1, 0.15) is 70.6 Å². The van der Waals surface area contributed by atoms with Gasteiger partial charge < -0.3 is 48.5 Å². The topological polar surface area (TPSA) is 302 Å². The van der Waals surface area contributed by atoms with Crippen LogP contribution in [0.3, 0.4) is 0 Å². The summed E-state index contributed by atoms with van der Waals surface area (Å²) in [6, 6.07) is 3.02. The van der Waals surface area contributed by atoms with E-state index in [9.17, 15) is 39.0 Å². The third-order valence-electron chi connectivity index (χ3n) is 7.81. The molecule has 5 N–H and O–H groups in total. The van der Waals surface area contributed by atoms with Gasteiger partial charge >= 0.3 is 46.2 Å². The maximum atomic E-state index is 11.6. The fourth-order valence-electron chi connectivity index (χ4n) is 5.33. The Kier molecular flexibility index (Phi) is 19.8. The first-order chi connectivity index (χ1) is 26.4. The van der Waals surface area contributed by atoms with Gasteiger partial charge in [-0.3, -0.25) is 9.11 Å². The van der Waals surface area contributed by atoms with Crippen molar-refractivity contribution in [3.05, 3.63) is 79.9 Å². The van der Waals surface area contributed by atoms with Gasteiger partial charge in [0.1, 0.15) is 28.8 Å². The van der Waals surface area contributed by atoms with Crippen LogP contribution >= 0.6 is 0 Å². The highest BCUT2D eigenvalue weighted by atomic mass is 32.3. The number of aromatic hydroxyl groups is 2. The van der Waals surface area contributed by atoms with E-state index < -0.39 is 57.9 Å². The number of aliphatic hydroxyl groups excluding tert-OH is 1. The predicted octanol–water partition coefficient (Wildman–Crippen LogP) is 2.48. The minimum Gasteiger partial charge on any atom is -0.508 e. The van der Waals surface area contributed by atoms with Crippen LogP contribution in [0.5, 0.6) is 11.5 Å². The molecule has 4 rings (SSSR count). The second kappa shape index (κ2) is 22.0. The molecule has 2 aromatic rings. The first-order valence-corrected chi connectivity index (χ1v) is 17.2. The molecule has 2 atom stereocenters. The molecule has 0 aliphatic carbocycles. The Morgan fingerprint density at radius 1 is 0.614 bits per heavy atom. The van der Waals surface area contributed by atoms with E-state index in [1.54, 1.807) is 45.9 Å². The van der Waals surface area contributed by atoms with Gasteiger partial charge in [-0.05, 0) is 63.5 Å². The normalized spacial score (nSPS) is 15.7. The predicted molar refractivity (Wildman–Crippen MR) is 196 cm³/mol. The van der Waals surface area contributed by atoms with Crippen LogP contribution in [0, 0.1) is 27.7 Å². The smallest absolute Gasteiger partial charge is 0.394 e. The fourth-order valence-corrected chi connectivity index (χ4v) is 5.33. The third-order valence-corrected chi connectivity index (χ3v) is 7.81. The lowest BCUT2D eigenvalue weighted by molar-refractivity contribution is -0.139. The van der Waals surface area contributed by atoms with E-state index in [1.165, 1.54) is 55.6 Å². The third kappa shape index (κ3) is 12.8. The number of carbonyl (C=O) groups is 6. The lowest BCUT2D eigenvalue weighted by atomic mass is 9.88. The van der Waals surface area contributed by atoms with Gasteiger partial charge in [0.25, 0.3) is 0 Å². The summed E-state index contributed by atoms with van der Waals surface area (Å²) in [4.78, 5) is 69.7. The largest absolute Gasteiger partial charge is 0.508 e. The van der Waals surface area contributed by atoms with Crippen molar-refractivity contribution in [2.75, 3.05) is 49.8 Å². The highest BCUT2D eigenvalue weighted by Crippen LogP contribution is 2.43. The highest BCUT2D eigenvalue weighted by molar-refractivity contribution is 7.79. The zero-order valence-corrected chi connectivity index (χ0v) is 34.0. The number of ether oxygens (including phenoxy) is 7. The minimum absolute atomic E-state index is 0.0300. The molecule has 2 aliphatic heterocycles. The number of benzene rings is 2. The van der Waals surface area contributed by atoms with E-state index in [0.717, 1.165) is 7.11 Å². The lowest BCUT2D eigenvalue weighted by Gasteiger charge is -2.19. The summed E-state index contributed by atoms with van der Waals surface area (Å²) in [6.45, 7) is 8.15. The van der Waals surface area contributed by atoms with Crippen molar-refractivity contribution in [2.24, 2.45) is 0 Å². The van der Waals surface area contributed by atoms with Crippen molar-refractivity contribution in [3.63, 3.8) is 0 Å². The lowest BCUT2D eigenvalue weighted by Crippen LogP contribution is -2.29. The second-order valence-corrected chi connectivity index (χ2v) is 12.3. The van der Waals surface area contributed by atoms with Crippen molar-refractivity contribution in [1.29, 1.82) is 0 Å². The van der Waals surface area contributed by atoms with Crippen molar-refractivity contribution in [1.82, 2.24) is 0 Å². The maximum absolute atomic E-state index is 11.6. The Morgan fingerprint density at radius 2 is 0.982 bits per heavy atom. The van der Waals surface area contributed by atoms with Crippen molar-refractivity contribution >= 4 is 46.2 Å². The number of rotatable bonds is 6. The second-order valence-electron chi connectivity index (χ2n) is 11.4. The number of hydrogen-bond acceptors (Lipinski definition) is 18. The van der Waals surface area contributed by atoms with Crippen LogP contribution in [-0.4, -0.2) is 130 Å². The van der Waals surface area contributed by atoms with E-state index >= 15 is 0 Å². The van der Waals surface area contributed by atoms with Gasteiger partial charge in [-0.2, -0.15) is 8.42 Å². The Hall–Kier alpha value is -5.87. The highest BCUT2D eigenvalue weighted by Gasteiger charge is 2.51. The summed E-state index contributed by atoms with van der Waals surface area (Å²) in [7, 11) is 3.69. The molecule has 0 fully saturated rings. The first-order valence-electron chi connectivity index (χ1n) is 15.8. The Labute approximate surface area is 328 Å². The van der Waals surface area contributed by atoms with Gasteiger partial charge in [-0.15, -0.1) is 0 Å². The van der Waals surface area contributed by atoms with E-state index in [-0.39, 0.29) is 44.9 Å². The molecule has 2 aromatic carbocycles. The van der Waals surface area contributed by atoms with Crippen LogP contribution in [0.2, 0.25) is 0 Å². The molecular formula is C36H46O20S. The van der Waals surface area contributed by atoms with Gasteiger partial charge in [0.2, 0.25) is 0 Å². The maximum Gasteiger partial charge on any atom is 0.394 e. The molecule has 0 amide bonds. The molecule has 20 nitrogen and oxygen atoms in total. The van der Waals surface area contributed by atoms with Crippen molar-refractivity contribution < 1.29 is 94.8 Å². The molecular weight excluding hydrogens is 784 g/mol. The standard InChI is InChI=1S/2C12H14O5.C11H12O5.CH4O.H2O4S/c1-6-5-8(13)7(2)10(12(15)17-4)9(6)11(14)16-3;1-6-5-7(2)10(13)9(12(15)17-4)8(6)11(14)16-3;1-11-5-4-6(16-11)7(9(12)14-2)8(11)10(13)15-3;1-2;1-5(2,3)4/h2*5,13H,1-4H3;4-6H,1-3H3;2H,1H3;(H2,1,2,3,4)/t;;6-,11+;;/m..1../s1. The summed E-state index contributed by atoms with van der Waals surface area (Å²) in [6.07, 6.45) is 2.97. The molecule has 57 heavy (non-hydrogen) atoms. The summed E-state index contributed by atoms with van der Waals surface area (Å²) in [5.41, 5.74) is 1.42. The number of phenolic OH excluding ortho intramolecular Hbond substituents is 2. The van der Waals surface area contributed by atoms with E-state index in [2.05, 4.69) is 28.4 Å². The number of aryl methyl sites for hydroxylation is 3. The van der Waals surface area contributed by atoms with Gasteiger partial charge in [0.05, 0.1) is 70.5 Å². The number of fused-ring (bicyclic) bond motifs is 2. The molecule has 21 heteroatoms. The van der Waals surface area contributed by atoms with Crippen molar-refractivity contribution in [2.45, 2.75) is 46.3 Å². The quantitative estimate of drug-likeness (QED) is 0.121. The Bertz CT molecular complexity index is 1930. The summed E-state index contributed by atoms with van der Waals surface area (Å²) in [5, 5.41) is 26.5. The molecule has 0 aromatic heterocycles. The number of esters is 6. The number of hydrogen-bond donors (Lipinski definition) is 5. The molecule has 0 radical (unpaired) electrons. The monoisotopic (exact) mass is 830 g/mol. The molecule has 0 saturated heterocycles. The van der Waals surface area contributed by atoms with Crippen LogP contribution in [-0.2, 0) is 53.1 Å². The van der Waals surface area contributed by atoms with Gasteiger partial charge in [-0.25, -0.2) is 28.8 Å². The molecule has 2 bridgehead atoms. The van der Waals surface area contributed by atoms with Gasteiger partial charge in [0, 0.05) is 12.7 Å². The number of methoxy groups -OCH3 is 6. The van der Waals surface area contributed by atoms with Gasteiger partial charge in [-0.1, -0.05) is 12.1 Å². The SMILES string of the molecule is CO.COC(=O)C1=C(C(=O)OC)[C@]2(C)C=C[C@H]1O2.COC(=O)c1c(C)cc(C)c(O)c1C(=O)OC.COC(=O)c1c(C)cc(O)c(C)c1C(=O)OC.O=S(=O)(O)O. The van der Waals surface area contributed by atoms with Crippen LogP contribution in [0.15, 0.2) is 35.4 Å². The molecule has 0 saturated carbocycles. The average molecular weight is 831 g/mol. The molecule has 0 spiro atoms. The number of aliphatic hydroxyl groups is 1. The molecule has 316 valence electrons. The summed E-state index contributed by atoms with van der Waals surface area (Å²) < 4.78 is 64.8. The molecule has 2 aliphatic rings. The van der Waals surface area contributed by atoms with Crippen LogP contribution in [0.4, 0.5) is 0 Å². The van der Waals surface area contributed by atoms with Gasteiger partial charge in [0.15, 0.2) is 0 Å². The number of carbonyl (C=O) groups excluding carboxylic acids is 6. The van der Waals surface area contributed by atoms with E-state index in [4.69, 9.17) is 27.4 Å².